The molecule has 0 radical (unpaired) electrons. The molecule has 0 fully saturated rings. The van der Waals surface area contributed by atoms with Gasteiger partial charge in [0.15, 0.2) is 8.64 Å². The molecular formula is C22H16MoN10O4S8. The Morgan fingerprint density at radius 3 is 1.29 bits per heavy atom. The maximum absolute atomic E-state index is 12.5. The van der Waals surface area contributed by atoms with Gasteiger partial charge in [-0.3, -0.25) is 19.6 Å². The third-order valence-corrected chi connectivity index (χ3v) is 6.09. The zero-order chi connectivity index (χ0) is 33.5. The monoisotopic (exact) mass is 838 g/mol. The molecule has 232 valence electrons. The number of aromatic nitrogens is 6. The molecule has 0 spiro atoms. The van der Waals surface area contributed by atoms with E-state index < -0.39 is 30.3 Å². The predicted octanol–water partition coefficient (Wildman–Crippen LogP) is 3.19. The van der Waals surface area contributed by atoms with Crippen LogP contribution in [0, 0.1) is 0 Å². The van der Waals surface area contributed by atoms with E-state index in [4.69, 9.17) is 80.9 Å². The molecule has 14 nitrogen and oxygen atoms in total. The van der Waals surface area contributed by atoms with Gasteiger partial charge < -0.3 is 59.7 Å². The van der Waals surface area contributed by atoms with Crippen LogP contribution in [0.2, 0.25) is 0 Å². The van der Waals surface area contributed by atoms with Gasteiger partial charge >= 0.3 is 25.3 Å². The average molecular weight is 837 g/mol. The van der Waals surface area contributed by atoms with E-state index in [2.05, 4.69) is 55.2 Å². The summed E-state index contributed by atoms with van der Waals surface area (Å²) in [5.74, 6) is -0.0953. The van der Waals surface area contributed by atoms with Crippen LogP contribution in [0.3, 0.4) is 0 Å². The first-order chi connectivity index (χ1) is 21.5. The summed E-state index contributed by atoms with van der Waals surface area (Å²) >= 11 is 36.3. The Morgan fingerprint density at radius 1 is 0.711 bits per heavy atom. The molecule has 0 unspecified atom stereocenters. The number of hydrazine groups is 2. The molecule has 45 heavy (non-hydrogen) atoms. The minimum absolute atomic E-state index is 0.0887. The van der Waals surface area contributed by atoms with Crippen LogP contribution in [0.15, 0.2) is 73.8 Å². The number of thiol groups is 2. The van der Waals surface area contributed by atoms with E-state index in [1.54, 1.807) is 36.7 Å². The van der Waals surface area contributed by atoms with Gasteiger partial charge in [0.1, 0.15) is 23.0 Å². The molecule has 0 saturated heterocycles. The Labute approximate surface area is 307 Å². The summed E-state index contributed by atoms with van der Waals surface area (Å²) in [4.78, 5) is 46.5. The zero-order valence-corrected chi connectivity index (χ0v) is 30.6. The van der Waals surface area contributed by atoms with Crippen LogP contribution in [0.4, 0.5) is 11.6 Å². The van der Waals surface area contributed by atoms with Gasteiger partial charge in [0.25, 0.3) is 11.8 Å². The van der Waals surface area contributed by atoms with E-state index >= 15 is 0 Å². The number of H-pyrrole nitrogens is 2. The van der Waals surface area contributed by atoms with Crippen molar-refractivity contribution >= 4 is 140 Å². The van der Waals surface area contributed by atoms with Gasteiger partial charge in [0.2, 0.25) is 0 Å². The molecule has 0 aliphatic heterocycles. The minimum atomic E-state index is -2.03. The molecule has 4 aromatic rings. The van der Waals surface area contributed by atoms with Crippen LogP contribution in [-0.4, -0.2) is 69.0 Å². The van der Waals surface area contributed by atoms with E-state index in [1.165, 1.54) is 47.2 Å². The molecule has 0 aliphatic rings. The molecule has 2 amide bonds. The van der Waals surface area contributed by atoms with Crippen molar-refractivity contribution < 1.29 is 34.9 Å². The normalized spacial score (nSPS) is 9.47. The van der Waals surface area contributed by atoms with Crippen molar-refractivity contribution in [3.8, 4) is 0 Å². The van der Waals surface area contributed by atoms with E-state index in [1.807, 2.05) is 0 Å². The summed E-state index contributed by atoms with van der Waals surface area (Å²) in [5, 5.41) is 4.67. The molecule has 0 atom stereocenters. The third kappa shape index (κ3) is 11.1. The van der Waals surface area contributed by atoms with Gasteiger partial charge in [-0.25, -0.2) is 30.0 Å². The molecule has 0 saturated carbocycles. The molecule has 0 aliphatic carbocycles. The number of nitrogens with zero attached hydrogens (tertiary/aromatic N) is 8. The van der Waals surface area contributed by atoms with E-state index in [-0.39, 0.29) is 28.7 Å². The van der Waals surface area contributed by atoms with E-state index in [0.29, 0.717) is 11.6 Å². The van der Waals surface area contributed by atoms with Crippen molar-refractivity contribution in [3.05, 3.63) is 85.2 Å². The van der Waals surface area contributed by atoms with Crippen molar-refractivity contribution in [2.45, 2.75) is 0 Å². The van der Waals surface area contributed by atoms with E-state index in [9.17, 15) is 9.59 Å². The first-order valence-electron chi connectivity index (χ1n) is 11.3. The second-order valence-electron chi connectivity index (χ2n) is 7.31. The van der Waals surface area contributed by atoms with Crippen molar-refractivity contribution in [2.75, 3.05) is 10.0 Å². The van der Waals surface area contributed by atoms with Gasteiger partial charge in [-0.15, -0.1) is 25.3 Å². The Bertz CT molecular complexity index is 1540. The van der Waals surface area contributed by atoms with Crippen LogP contribution in [0.1, 0.15) is 21.0 Å². The Morgan fingerprint density at radius 2 is 1.07 bits per heavy atom. The van der Waals surface area contributed by atoms with Crippen LogP contribution in [-0.2, 0) is 50.5 Å². The van der Waals surface area contributed by atoms with Crippen LogP contribution >= 0.6 is 74.1 Å². The van der Waals surface area contributed by atoms with Crippen molar-refractivity contribution in [1.82, 2.24) is 39.9 Å². The predicted molar refractivity (Wildman–Crippen MR) is 187 cm³/mol. The second-order valence-corrected chi connectivity index (χ2v) is 11.9. The first kappa shape index (κ1) is 38.2. The summed E-state index contributed by atoms with van der Waals surface area (Å²) in [7, 11) is 0. The number of anilines is 2. The van der Waals surface area contributed by atoms with Gasteiger partial charge in [-0.05, 0) is 32.9 Å². The number of rotatable bonds is 4. The van der Waals surface area contributed by atoms with Gasteiger partial charge in [-0.2, -0.15) is 0 Å². The quantitative estimate of drug-likeness (QED) is 0.0779. The van der Waals surface area contributed by atoms with Crippen LogP contribution in [0.5, 0.6) is 0 Å². The molecule has 23 heteroatoms. The standard InChI is InChI=1S/2C11H9N5OS4.Mo.2O/c2*17-9(7-6-12-4-5-13-7)16(11(20)21)15(10(18)19)8-2-1-3-14-8;;;/h2*1-6,14H,(H,18,19)(H,20,21);;;/q;;+2;;/p-2. The summed E-state index contributed by atoms with van der Waals surface area (Å²) in [5.41, 5.74) is 0.177. The van der Waals surface area contributed by atoms with Gasteiger partial charge in [0, 0.05) is 37.2 Å². The van der Waals surface area contributed by atoms with E-state index in [0.717, 1.165) is 10.0 Å². The molecule has 4 rings (SSSR count). The number of aromatic amines is 2. The summed E-state index contributed by atoms with van der Waals surface area (Å²) in [6, 6.07) is 6.89. The summed E-state index contributed by atoms with van der Waals surface area (Å²) in [6.07, 6.45) is 11.7. The zero-order valence-electron chi connectivity index (χ0n) is 21.9. The summed E-state index contributed by atoms with van der Waals surface area (Å²) < 4.78 is 17.0. The molecule has 4 aromatic heterocycles. The van der Waals surface area contributed by atoms with Crippen LogP contribution in [0.25, 0.3) is 0 Å². The van der Waals surface area contributed by atoms with Crippen molar-refractivity contribution in [1.29, 1.82) is 0 Å². The molecule has 0 bridgehead atoms. The van der Waals surface area contributed by atoms with Gasteiger partial charge in [-0.1, -0.05) is 24.4 Å². The molecule has 4 heterocycles. The second kappa shape index (κ2) is 19.5. The maximum atomic E-state index is 12.5. The SMILES string of the molecule is O=C(c1cnccn1)N(C(=S)[S-])N(C(=S)S)c1ccc[nH]1.O=C(c1cnccn1)N(C(=S)[S-])N(C(=S)S)c1ccc[nH]1.[O]=[Mo+2]=[O]. The number of nitrogens with one attached hydrogen (secondary N) is 2. The number of carbonyl (C=O) groups is 2. The average Bonchev–Trinajstić information content (AvgIpc) is 3.74. The molecule has 0 aromatic carbocycles. The van der Waals surface area contributed by atoms with Crippen molar-refractivity contribution in [3.63, 3.8) is 0 Å². The fraction of sp³-hybridized carbons (Fsp3) is 0. The van der Waals surface area contributed by atoms with Crippen LogP contribution < -0.4 is 10.0 Å². The fourth-order valence-electron chi connectivity index (χ4n) is 3.04. The first-order valence-corrected chi connectivity index (χ1v) is 16.3. The number of amides is 2. The Hall–Kier alpha value is -2.95. The third-order valence-electron chi connectivity index (χ3n) is 4.68. The molecule has 2 N–H and O–H groups in total. The Balaban J connectivity index is 0.000000288. The number of hydrogen-bond donors (Lipinski definition) is 4. The fourth-order valence-corrected chi connectivity index (χ4v) is 4.46. The topological polar surface area (TPSA) is 164 Å². The van der Waals surface area contributed by atoms with Crippen molar-refractivity contribution in [2.24, 2.45) is 0 Å². The molecular weight excluding hydrogens is 821 g/mol. The van der Waals surface area contributed by atoms with Gasteiger partial charge in [0.05, 0.1) is 12.4 Å². The Kier molecular flexibility index (Phi) is 16.6. The number of hydrogen-bond acceptors (Lipinski definition) is 14. The number of thiocarbonyl (C=S) groups is 4. The number of carbonyl (C=O) groups excluding carboxylic acids is 2. The summed E-state index contributed by atoms with van der Waals surface area (Å²) in [6.45, 7) is 0.